The van der Waals surface area contributed by atoms with Gasteiger partial charge in [-0.2, -0.15) is 10.2 Å². The summed E-state index contributed by atoms with van der Waals surface area (Å²) in [5, 5.41) is 12.9. The normalized spacial score (nSPS) is 14.6. The van der Waals surface area contributed by atoms with E-state index < -0.39 is 5.82 Å². The van der Waals surface area contributed by atoms with Gasteiger partial charge in [0.1, 0.15) is 17.4 Å². The average Bonchev–Trinajstić information content (AvgIpc) is 3.09. The number of nitrogens with zero attached hydrogens (tertiary/aromatic N) is 4. The van der Waals surface area contributed by atoms with Crippen molar-refractivity contribution in [2.75, 3.05) is 18.0 Å². The molecule has 1 aliphatic rings. The lowest BCUT2D eigenvalue weighted by atomic mass is 10.1. The fourth-order valence-corrected chi connectivity index (χ4v) is 2.19. The standard InChI is InChI=1S/C13H11FN4O/c14-11-5-3-4-9(10(11)8-15)12-16-13(17-19-12)18-6-1-2-7-18/h3-5H,1-2,6-7H2. The van der Waals surface area contributed by atoms with E-state index in [9.17, 15) is 4.39 Å². The van der Waals surface area contributed by atoms with Crippen LogP contribution in [-0.2, 0) is 0 Å². The Morgan fingerprint density at radius 1 is 1.32 bits per heavy atom. The monoisotopic (exact) mass is 258 g/mol. The molecule has 3 rings (SSSR count). The molecule has 1 fully saturated rings. The van der Waals surface area contributed by atoms with Gasteiger partial charge in [0.25, 0.3) is 11.8 Å². The van der Waals surface area contributed by atoms with Gasteiger partial charge in [-0.25, -0.2) is 4.39 Å². The number of rotatable bonds is 2. The fraction of sp³-hybridized carbons (Fsp3) is 0.308. The van der Waals surface area contributed by atoms with Crippen molar-refractivity contribution in [3.63, 3.8) is 0 Å². The van der Waals surface area contributed by atoms with E-state index in [-0.39, 0.29) is 11.5 Å². The van der Waals surface area contributed by atoms with Crippen molar-refractivity contribution in [3.05, 3.63) is 29.6 Å². The predicted octanol–water partition coefficient (Wildman–Crippen LogP) is 2.35. The molecule has 2 heterocycles. The predicted molar refractivity (Wildman–Crippen MR) is 65.9 cm³/mol. The van der Waals surface area contributed by atoms with Crippen molar-refractivity contribution in [1.29, 1.82) is 5.26 Å². The number of halogens is 1. The molecule has 0 unspecified atom stereocenters. The van der Waals surface area contributed by atoms with Crippen LogP contribution in [0.4, 0.5) is 10.3 Å². The van der Waals surface area contributed by atoms with Gasteiger partial charge in [-0.3, -0.25) is 0 Å². The summed E-state index contributed by atoms with van der Waals surface area (Å²) in [7, 11) is 0. The Kier molecular flexibility index (Phi) is 2.88. The second-order valence-corrected chi connectivity index (χ2v) is 4.37. The highest BCUT2D eigenvalue weighted by Gasteiger charge is 2.20. The third-order valence-electron chi connectivity index (χ3n) is 3.16. The zero-order chi connectivity index (χ0) is 13.2. The van der Waals surface area contributed by atoms with E-state index in [1.54, 1.807) is 6.07 Å². The van der Waals surface area contributed by atoms with Gasteiger partial charge in [0.15, 0.2) is 0 Å². The molecule has 0 aliphatic carbocycles. The van der Waals surface area contributed by atoms with Crippen molar-refractivity contribution in [1.82, 2.24) is 10.1 Å². The first-order valence-electron chi connectivity index (χ1n) is 6.07. The molecule has 0 bridgehead atoms. The molecule has 0 radical (unpaired) electrons. The summed E-state index contributed by atoms with van der Waals surface area (Å²) in [5.41, 5.74) is 0.263. The number of hydrogen-bond acceptors (Lipinski definition) is 5. The maximum absolute atomic E-state index is 13.5. The maximum Gasteiger partial charge on any atom is 0.266 e. The molecule has 6 heteroatoms. The lowest BCUT2D eigenvalue weighted by Crippen LogP contribution is -2.18. The average molecular weight is 258 g/mol. The smallest absolute Gasteiger partial charge is 0.266 e. The van der Waals surface area contributed by atoms with E-state index in [2.05, 4.69) is 10.1 Å². The van der Waals surface area contributed by atoms with Crippen molar-refractivity contribution >= 4 is 5.95 Å². The Morgan fingerprint density at radius 3 is 2.84 bits per heavy atom. The summed E-state index contributed by atoms with van der Waals surface area (Å²) < 4.78 is 18.7. The van der Waals surface area contributed by atoms with E-state index in [0.717, 1.165) is 25.9 Å². The molecule has 1 aromatic carbocycles. The molecule has 1 saturated heterocycles. The Bertz CT molecular complexity index is 640. The second kappa shape index (κ2) is 4.69. The molecule has 0 spiro atoms. The minimum atomic E-state index is -0.582. The summed E-state index contributed by atoms with van der Waals surface area (Å²) >= 11 is 0. The lowest BCUT2D eigenvalue weighted by molar-refractivity contribution is 0.429. The summed E-state index contributed by atoms with van der Waals surface area (Å²) in [6.07, 6.45) is 2.21. The largest absolute Gasteiger partial charge is 0.338 e. The SMILES string of the molecule is N#Cc1c(F)cccc1-c1nc(N2CCCC2)no1. The number of nitriles is 1. The molecular weight excluding hydrogens is 247 g/mol. The van der Waals surface area contributed by atoms with Crippen LogP contribution in [0.15, 0.2) is 22.7 Å². The fourth-order valence-electron chi connectivity index (χ4n) is 2.19. The summed E-state index contributed by atoms with van der Waals surface area (Å²) in [6.45, 7) is 1.79. The zero-order valence-corrected chi connectivity index (χ0v) is 10.1. The first-order chi connectivity index (χ1) is 9.29. The highest BCUT2D eigenvalue weighted by atomic mass is 19.1. The van der Waals surface area contributed by atoms with Crippen molar-refractivity contribution in [2.24, 2.45) is 0 Å². The van der Waals surface area contributed by atoms with E-state index in [0.29, 0.717) is 11.5 Å². The van der Waals surface area contributed by atoms with Gasteiger partial charge in [-0.05, 0) is 30.1 Å². The van der Waals surface area contributed by atoms with Crippen LogP contribution in [0.1, 0.15) is 18.4 Å². The molecule has 0 atom stereocenters. The van der Waals surface area contributed by atoms with Crippen LogP contribution in [0.5, 0.6) is 0 Å². The van der Waals surface area contributed by atoms with E-state index >= 15 is 0 Å². The van der Waals surface area contributed by atoms with Gasteiger partial charge < -0.3 is 9.42 Å². The quantitative estimate of drug-likeness (QED) is 0.827. The highest BCUT2D eigenvalue weighted by Crippen LogP contribution is 2.26. The Hall–Kier alpha value is -2.42. The summed E-state index contributed by atoms with van der Waals surface area (Å²) in [5.74, 6) is 0.0968. The van der Waals surface area contributed by atoms with E-state index in [1.165, 1.54) is 12.1 Å². The molecule has 19 heavy (non-hydrogen) atoms. The number of anilines is 1. The van der Waals surface area contributed by atoms with Crippen LogP contribution in [0.25, 0.3) is 11.5 Å². The van der Waals surface area contributed by atoms with Crippen LogP contribution in [0.2, 0.25) is 0 Å². The molecule has 0 saturated carbocycles. The minimum absolute atomic E-state index is 0.0703. The highest BCUT2D eigenvalue weighted by molar-refractivity contribution is 5.64. The van der Waals surface area contributed by atoms with Crippen LogP contribution in [0.3, 0.4) is 0 Å². The molecule has 0 amide bonds. The van der Waals surface area contributed by atoms with Crippen LogP contribution >= 0.6 is 0 Å². The molecular formula is C13H11FN4O. The van der Waals surface area contributed by atoms with Gasteiger partial charge in [0.2, 0.25) is 0 Å². The summed E-state index contributed by atoms with van der Waals surface area (Å²) in [4.78, 5) is 6.25. The van der Waals surface area contributed by atoms with Gasteiger partial charge in [0, 0.05) is 13.1 Å². The van der Waals surface area contributed by atoms with Gasteiger partial charge in [-0.1, -0.05) is 6.07 Å². The van der Waals surface area contributed by atoms with Crippen molar-refractivity contribution in [2.45, 2.75) is 12.8 Å². The van der Waals surface area contributed by atoms with Crippen LogP contribution in [0, 0.1) is 17.1 Å². The number of aromatic nitrogens is 2. The van der Waals surface area contributed by atoms with E-state index in [1.807, 2.05) is 11.0 Å². The van der Waals surface area contributed by atoms with Gasteiger partial charge >= 0.3 is 0 Å². The molecule has 1 aliphatic heterocycles. The molecule has 1 aromatic heterocycles. The Labute approximate surface area is 109 Å². The molecule has 0 N–H and O–H groups in total. The number of benzene rings is 1. The van der Waals surface area contributed by atoms with E-state index in [4.69, 9.17) is 9.78 Å². The van der Waals surface area contributed by atoms with Gasteiger partial charge in [0.05, 0.1) is 5.56 Å². The van der Waals surface area contributed by atoms with Crippen LogP contribution in [-0.4, -0.2) is 23.2 Å². The molecule has 5 nitrogen and oxygen atoms in total. The van der Waals surface area contributed by atoms with Crippen LogP contribution < -0.4 is 4.90 Å². The molecule has 2 aromatic rings. The first kappa shape index (κ1) is 11.7. The third-order valence-corrected chi connectivity index (χ3v) is 3.16. The third kappa shape index (κ3) is 2.03. The topological polar surface area (TPSA) is 66.0 Å². The maximum atomic E-state index is 13.5. The second-order valence-electron chi connectivity index (χ2n) is 4.37. The lowest BCUT2D eigenvalue weighted by Gasteiger charge is -2.09. The Balaban J connectivity index is 1.99. The molecule has 96 valence electrons. The van der Waals surface area contributed by atoms with Gasteiger partial charge in [-0.15, -0.1) is 0 Å². The number of hydrogen-bond donors (Lipinski definition) is 0. The zero-order valence-electron chi connectivity index (χ0n) is 10.1. The first-order valence-corrected chi connectivity index (χ1v) is 6.07. The van der Waals surface area contributed by atoms with Crippen molar-refractivity contribution in [3.8, 4) is 17.5 Å². The Morgan fingerprint density at radius 2 is 2.11 bits per heavy atom. The van der Waals surface area contributed by atoms with Crippen molar-refractivity contribution < 1.29 is 8.91 Å². The summed E-state index contributed by atoms with van der Waals surface area (Å²) in [6, 6.07) is 6.18. The minimum Gasteiger partial charge on any atom is -0.338 e.